The molecular formula is C27H23Cl2N3O2. The quantitative estimate of drug-likeness (QED) is 0.376. The molecule has 2 N–H and O–H groups in total. The van der Waals surface area contributed by atoms with Crippen molar-refractivity contribution < 1.29 is 4.79 Å². The van der Waals surface area contributed by atoms with Gasteiger partial charge in [-0.15, -0.1) is 0 Å². The summed E-state index contributed by atoms with van der Waals surface area (Å²) in [6.45, 7) is 2.16. The molecule has 7 heteroatoms. The van der Waals surface area contributed by atoms with E-state index in [9.17, 15) is 9.59 Å². The molecule has 1 saturated heterocycles. The first-order valence-electron chi connectivity index (χ1n) is 11.1. The van der Waals surface area contributed by atoms with Crippen molar-refractivity contribution in [3.05, 3.63) is 111 Å². The van der Waals surface area contributed by atoms with Gasteiger partial charge >= 0.3 is 0 Å². The number of halogens is 2. The maximum Gasteiger partial charge on any atom is 0.255 e. The van der Waals surface area contributed by atoms with Gasteiger partial charge in [0.1, 0.15) is 0 Å². The first-order chi connectivity index (χ1) is 16.5. The topological polar surface area (TPSA) is 65.2 Å². The number of anilines is 1. The summed E-state index contributed by atoms with van der Waals surface area (Å²) in [4.78, 5) is 30.5. The maximum atomic E-state index is 13.5. The lowest BCUT2D eigenvalue weighted by molar-refractivity contribution is -0.119. The van der Waals surface area contributed by atoms with Gasteiger partial charge in [-0.05, 0) is 46.8 Å². The number of nitrogens with one attached hydrogen (secondary N) is 2. The highest BCUT2D eigenvalue weighted by Crippen LogP contribution is 2.36. The summed E-state index contributed by atoms with van der Waals surface area (Å²) in [7, 11) is 0. The van der Waals surface area contributed by atoms with Crippen LogP contribution in [0.3, 0.4) is 0 Å². The number of carbonyl (C=O) groups excluding carboxylic acids is 1. The standard InChI is InChI=1S/C27H23Cl2N3O2/c28-20-8-6-18(7-9-20)22-15-32(14-17-4-2-1-3-5-17)16-23(22)27(34)31-25-12-19-10-11-30-26(33)21(19)13-24(25)29/h1-13,22-23H,14-16H2,(H,30,33)(H,31,34)/t22-,23?/m1/s1. The van der Waals surface area contributed by atoms with Crippen LogP contribution in [0.1, 0.15) is 17.0 Å². The second kappa shape index (κ2) is 9.63. The lowest BCUT2D eigenvalue weighted by atomic mass is 9.88. The van der Waals surface area contributed by atoms with Crippen LogP contribution in [0.2, 0.25) is 10.0 Å². The Morgan fingerprint density at radius 1 is 1.00 bits per heavy atom. The molecule has 1 fully saturated rings. The highest BCUT2D eigenvalue weighted by Gasteiger charge is 2.38. The number of aromatic amines is 1. The molecule has 0 spiro atoms. The van der Waals surface area contributed by atoms with E-state index in [0.717, 1.165) is 24.0 Å². The monoisotopic (exact) mass is 491 g/mol. The third-order valence-electron chi connectivity index (χ3n) is 6.40. The molecule has 0 saturated carbocycles. The summed E-state index contributed by atoms with van der Waals surface area (Å²) in [5, 5.41) is 5.23. The van der Waals surface area contributed by atoms with Crippen LogP contribution in [0.25, 0.3) is 10.8 Å². The van der Waals surface area contributed by atoms with Crippen molar-refractivity contribution in [3.8, 4) is 0 Å². The van der Waals surface area contributed by atoms with E-state index in [1.54, 1.807) is 24.4 Å². The summed E-state index contributed by atoms with van der Waals surface area (Å²) >= 11 is 12.5. The molecule has 4 aromatic rings. The van der Waals surface area contributed by atoms with Crippen LogP contribution in [0.4, 0.5) is 5.69 Å². The van der Waals surface area contributed by atoms with E-state index in [-0.39, 0.29) is 23.3 Å². The van der Waals surface area contributed by atoms with Crippen LogP contribution in [0.5, 0.6) is 0 Å². The third kappa shape index (κ3) is 4.73. The molecule has 3 aromatic carbocycles. The van der Waals surface area contributed by atoms with Gasteiger partial charge < -0.3 is 10.3 Å². The molecular weight excluding hydrogens is 469 g/mol. The lowest BCUT2D eigenvalue weighted by Crippen LogP contribution is -2.29. The van der Waals surface area contributed by atoms with Gasteiger partial charge in [0.15, 0.2) is 0 Å². The van der Waals surface area contributed by atoms with Gasteiger partial charge in [0.2, 0.25) is 5.91 Å². The molecule has 0 bridgehead atoms. The number of benzene rings is 3. The Morgan fingerprint density at radius 2 is 1.76 bits per heavy atom. The first kappa shape index (κ1) is 22.7. The lowest BCUT2D eigenvalue weighted by Gasteiger charge is -2.19. The van der Waals surface area contributed by atoms with Crippen molar-refractivity contribution >= 4 is 45.6 Å². The zero-order valence-electron chi connectivity index (χ0n) is 18.3. The van der Waals surface area contributed by atoms with Crippen LogP contribution in [0.15, 0.2) is 83.8 Å². The molecule has 1 aromatic heterocycles. The van der Waals surface area contributed by atoms with Gasteiger partial charge in [-0.3, -0.25) is 14.5 Å². The predicted molar refractivity (Wildman–Crippen MR) is 138 cm³/mol. The van der Waals surface area contributed by atoms with Gasteiger partial charge in [0.05, 0.1) is 16.6 Å². The number of fused-ring (bicyclic) bond motifs is 1. The number of hydrogen-bond donors (Lipinski definition) is 2. The van der Waals surface area contributed by atoms with Crippen LogP contribution < -0.4 is 10.9 Å². The number of aromatic nitrogens is 1. The minimum absolute atomic E-state index is 0.0167. The number of carbonyl (C=O) groups is 1. The molecule has 1 amide bonds. The molecule has 2 atom stereocenters. The van der Waals surface area contributed by atoms with Gasteiger partial charge in [0.25, 0.3) is 5.56 Å². The zero-order valence-corrected chi connectivity index (χ0v) is 19.8. The van der Waals surface area contributed by atoms with Gasteiger partial charge in [0, 0.05) is 42.2 Å². The summed E-state index contributed by atoms with van der Waals surface area (Å²) in [5.41, 5.74) is 2.58. The van der Waals surface area contributed by atoms with E-state index in [1.807, 2.05) is 42.5 Å². The molecule has 2 heterocycles. The number of likely N-dealkylation sites (tertiary alicyclic amines) is 1. The van der Waals surface area contributed by atoms with E-state index in [4.69, 9.17) is 23.2 Å². The number of amides is 1. The van der Waals surface area contributed by atoms with E-state index in [1.165, 1.54) is 5.56 Å². The minimum Gasteiger partial charge on any atom is -0.329 e. The van der Waals surface area contributed by atoms with Crippen LogP contribution in [-0.2, 0) is 11.3 Å². The molecule has 34 heavy (non-hydrogen) atoms. The van der Waals surface area contributed by atoms with E-state index in [0.29, 0.717) is 27.7 Å². The molecule has 0 aliphatic carbocycles. The average molecular weight is 492 g/mol. The molecule has 0 radical (unpaired) electrons. The average Bonchev–Trinajstić information content (AvgIpc) is 3.25. The van der Waals surface area contributed by atoms with Crippen molar-refractivity contribution in [2.24, 2.45) is 5.92 Å². The fourth-order valence-electron chi connectivity index (χ4n) is 4.70. The predicted octanol–water partition coefficient (Wildman–Crippen LogP) is 5.69. The van der Waals surface area contributed by atoms with Crippen LogP contribution in [-0.4, -0.2) is 28.9 Å². The second-order valence-corrected chi connectivity index (χ2v) is 9.50. The van der Waals surface area contributed by atoms with Crippen LogP contribution >= 0.6 is 23.2 Å². The number of hydrogen-bond acceptors (Lipinski definition) is 3. The maximum absolute atomic E-state index is 13.5. The SMILES string of the molecule is O=C(Nc1cc2cc[nH]c(=O)c2cc1Cl)C1CN(Cc2ccccc2)C[C@@H]1c1ccc(Cl)cc1. The molecule has 5 rings (SSSR count). The Kier molecular flexibility index (Phi) is 6.42. The fraction of sp³-hybridized carbons (Fsp3) is 0.185. The van der Waals surface area contributed by atoms with Crippen molar-refractivity contribution in [2.45, 2.75) is 12.5 Å². The Hall–Kier alpha value is -3.12. The number of pyridine rings is 1. The van der Waals surface area contributed by atoms with E-state index < -0.39 is 0 Å². The number of rotatable bonds is 5. The minimum atomic E-state index is -0.268. The zero-order chi connectivity index (χ0) is 23.7. The van der Waals surface area contributed by atoms with Crippen molar-refractivity contribution in [2.75, 3.05) is 18.4 Å². The normalized spacial score (nSPS) is 18.3. The Morgan fingerprint density at radius 3 is 2.53 bits per heavy atom. The van der Waals surface area contributed by atoms with Crippen molar-refractivity contribution in [3.63, 3.8) is 0 Å². The van der Waals surface area contributed by atoms with Crippen molar-refractivity contribution in [1.29, 1.82) is 0 Å². The highest BCUT2D eigenvalue weighted by atomic mass is 35.5. The van der Waals surface area contributed by atoms with Gasteiger partial charge in [-0.25, -0.2) is 0 Å². The fourth-order valence-corrected chi connectivity index (χ4v) is 5.04. The molecule has 172 valence electrons. The first-order valence-corrected chi connectivity index (χ1v) is 11.9. The molecule has 1 aliphatic heterocycles. The van der Waals surface area contributed by atoms with Crippen LogP contribution in [0, 0.1) is 5.92 Å². The second-order valence-electron chi connectivity index (χ2n) is 8.66. The van der Waals surface area contributed by atoms with Crippen molar-refractivity contribution in [1.82, 2.24) is 9.88 Å². The highest BCUT2D eigenvalue weighted by molar-refractivity contribution is 6.34. The summed E-state index contributed by atoms with van der Waals surface area (Å²) in [5.74, 6) is -0.347. The summed E-state index contributed by atoms with van der Waals surface area (Å²) in [6.07, 6.45) is 1.58. The number of H-pyrrole nitrogens is 1. The smallest absolute Gasteiger partial charge is 0.255 e. The van der Waals surface area contributed by atoms with Gasteiger partial charge in [-0.1, -0.05) is 65.7 Å². The largest absolute Gasteiger partial charge is 0.329 e. The Bertz CT molecular complexity index is 1390. The summed E-state index contributed by atoms with van der Waals surface area (Å²) in [6, 6.07) is 23.1. The van der Waals surface area contributed by atoms with E-state index >= 15 is 0 Å². The Balaban J connectivity index is 1.42. The summed E-state index contributed by atoms with van der Waals surface area (Å²) < 4.78 is 0. The van der Waals surface area contributed by atoms with Gasteiger partial charge in [-0.2, -0.15) is 0 Å². The molecule has 5 nitrogen and oxygen atoms in total. The number of nitrogens with zero attached hydrogens (tertiary/aromatic N) is 1. The Labute approximate surface area is 207 Å². The molecule has 1 aliphatic rings. The third-order valence-corrected chi connectivity index (χ3v) is 6.96. The van der Waals surface area contributed by atoms with E-state index in [2.05, 4.69) is 27.3 Å². The molecule has 1 unspecified atom stereocenters.